The molecule has 0 aliphatic rings. The summed E-state index contributed by atoms with van der Waals surface area (Å²) in [6.07, 6.45) is 0.996. The first-order valence-electron chi connectivity index (χ1n) is 27.8. The molecular weight excluding hydrogens is 1060 g/mol. The van der Waals surface area contributed by atoms with Crippen molar-refractivity contribution in [3.05, 3.63) is 71.8 Å². The molecule has 2 aromatic carbocycles. The van der Waals surface area contributed by atoms with Gasteiger partial charge in [-0.15, -0.1) is 0 Å². The van der Waals surface area contributed by atoms with Crippen molar-refractivity contribution in [3.8, 4) is 0 Å². The van der Waals surface area contributed by atoms with Crippen molar-refractivity contribution in [2.75, 3.05) is 33.0 Å². The summed E-state index contributed by atoms with van der Waals surface area (Å²) in [6.45, 7) is 24.0. The van der Waals surface area contributed by atoms with Gasteiger partial charge in [0.2, 0.25) is 0 Å². The van der Waals surface area contributed by atoms with Gasteiger partial charge in [-0.1, -0.05) is 109 Å². The van der Waals surface area contributed by atoms with Crippen molar-refractivity contribution in [1.29, 1.82) is 0 Å². The van der Waals surface area contributed by atoms with Crippen LogP contribution in [-0.2, 0) is 86.0 Å². The first-order chi connectivity index (χ1) is 38.7. The average molecular weight is 1150 g/mol. The van der Waals surface area contributed by atoms with Gasteiger partial charge in [-0.2, -0.15) is 0 Å². The maximum Gasteiger partial charge on any atom is 0.317 e. The van der Waals surface area contributed by atoms with Crippen molar-refractivity contribution in [2.24, 2.45) is 35.5 Å². The molecule has 0 aliphatic heterocycles. The second-order valence-corrected chi connectivity index (χ2v) is 18.2. The first kappa shape index (κ1) is 78.7. The summed E-state index contributed by atoms with van der Waals surface area (Å²) in [5, 5.41) is 0. The Morgan fingerprint density at radius 2 is 0.646 bits per heavy atom. The molecule has 0 bridgehead atoms. The summed E-state index contributed by atoms with van der Waals surface area (Å²) in [6, 6.07) is 17.1. The highest BCUT2D eigenvalue weighted by atomic mass is 16.5. The Labute approximate surface area is 483 Å². The van der Waals surface area contributed by atoms with Crippen LogP contribution in [0.25, 0.3) is 0 Å². The van der Waals surface area contributed by atoms with E-state index in [1.54, 1.807) is 144 Å². The van der Waals surface area contributed by atoms with Gasteiger partial charge < -0.3 is 23.7 Å². The minimum atomic E-state index is -1.03. The molecule has 456 valence electrons. The van der Waals surface area contributed by atoms with Crippen LogP contribution >= 0.6 is 0 Å². The molecule has 0 aliphatic carbocycles. The molecule has 0 saturated heterocycles. The molecule has 0 radical (unpaired) electrons. The lowest BCUT2D eigenvalue weighted by molar-refractivity contribution is -0.154. The van der Waals surface area contributed by atoms with Crippen molar-refractivity contribution >= 4 is 87.7 Å². The number of carbonyl (C=O) groups excluding carboxylic acids is 15. The number of carbonyl (C=O) groups is 15. The van der Waals surface area contributed by atoms with Crippen molar-refractivity contribution in [1.82, 2.24) is 0 Å². The molecule has 0 spiro atoms. The largest absolute Gasteiger partial charge is 0.465 e. The summed E-state index contributed by atoms with van der Waals surface area (Å²) < 4.78 is 23.9. The van der Waals surface area contributed by atoms with E-state index in [2.05, 4.69) is 0 Å². The molecule has 0 saturated carbocycles. The van der Waals surface area contributed by atoms with Crippen molar-refractivity contribution in [2.45, 2.75) is 161 Å². The van der Waals surface area contributed by atoms with Crippen LogP contribution in [0.15, 0.2) is 60.7 Å². The number of hydrogen-bond donors (Lipinski definition) is 0. The van der Waals surface area contributed by atoms with Crippen LogP contribution in [0.3, 0.4) is 0 Å². The van der Waals surface area contributed by atoms with Crippen LogP contribution in [0.1, 0.15) is 182 Å². The molecule has 5 unspecified atom stereocenters. The lowest BCUT2D eigenvalue weighted by Crippen LogP contribution is -2.29. The van der Waals surface area contributed by atoms with E-state index in [9.17, 15) is 71.9 Å². The Balaban J connectivity index is -0.000000958. The van der Waals surface area contributed by atoms with Crippen LogP contribution in [0, 0.1) is 35.5 Å². The fourth-order valence-electron chi connectivity index (χ4n) is 6.81. The number of benzene rings is 2. The molecular formula is C62H88O20. The van der Waals surface area contributed by atoms with Crippen molar-refractivity contribution in [3.63, 3.8) is 0 Å². The third kappa shape index (κ3) is 33.3. The minimum absolute atomic E-state index is 0.0370. The number of ketones is 10. The maximum atomic E-state index is 12.3. The Bertz CT molecular complexity index is 2390. The van der Waals surface area contributed by atoms with E-state index in [-0.39, 0.29) is 148 Å². The molecule has 82 heavy (non-hydrogen) atoms. The van der Waals surface area contributed by atoms with Crippen molar-refractivity contribution < 1.29 is 95.6 Å². The van der Waals surface area contributed by atoms with E-state index in [1.807, 2.05) is 0 Å². The van der Waals surface area contributed by atoms with Crippen LogP contribution in [0.2, 0.25) is 0 Å². The van der Waals surface area contributed by atoms with E-state index in [0.717, 1.165) is 0 Å². The Morgan fingerprint density at radius 1 is 0.341 bits per heavy atom. The van der Waals surface area contributed by atoms with Gasteiger partial charge in [0, 0.05) is 81.3 Å². The second-order valence-electron chi connectivity index (χ2n) is 18.2. The summed E-state index contributed by atoms with van der Waals surface area (Å²) in [5.41, 5.74) is 0.921. The third-order valence-corrected chi connectivity index (χ3v) is 11.6. The highest BCUT2D eigenvalue weighted by Crippen LogP contribution is 2.18. The molecule has 0 N–H and O–H groups in total. The molecule has 2 aromatic rings. The van der Waals surface area contributed by atoms with E-state index >= 15 is 0 Å². The minimum Gasteiger partial charge on any atom is -0.465 e. The fraction of sp³-hybridized carbons (Fsp3) is 0.565. The number of hydrogen-bond acceptors (Lipinski definition) is 20. The number of rotatable bonds is 33. The van der Waals surface area contributed by atoms with Crippen LogP contribution in [0.4, 0.5) is 0 Å². The summed E-state index contributed by atoms with van der Waals surface area (Å²) in [5.74, 6) is -10.0. The van der Waals surface area contributed by atoms with Gasteiger partial charge in [-0.3, -0.25) is 71.9 Å². The Kier molecular flexibility index (Phi) is 44.3. The molecule has 0 heterocycles. The molecule has 0 fully saturated rings. The number of esters is 5. The zero-order chi connectivity index (χ0) is 63.5. The molecule has 2 rings (SSSR count). The van der Waals surface area contributed by atoms with E-state index in [1.165, 1.54) is 13.8 Å². The van der Waals surface area contributed by atoms with E-state index in [4.69, 9.17) is 23.7 Å². The Morgan fingerprint density at radius 3 is 0.951 bits per heavy atom. The number of ether oxygens (including phenoxy) is 5. The molecule has 5 atom stereocenters. The summed E-state index contributed by atoms with van der Waals surface area (Å²) in [4.78, 5) is 172. The first-order valence-corrected chi connectivity index (χ1v) is 27.8. The quantitative estimate of drug-likeness (QED) is 0.0279. The van der Waals surface area contributed by atoms with Gasteiger partial charge in [-0.25, -0.2) is 0 Å². The van der Waals surface area contributed by atoms with Gasteiger partial charge in [0.15, 0.2) is 11.6 Å². The van der Waals surface area contributed by atoms with E-state index in [0.29, 0.717) is 24.0 Å². The Hall–Kier alpha value is -7.51. The summed E-state index contributed by atoms with van der Waals surface area (Å²) >= 11 is 0. The zero-order valence-corrected chi connectivity index (χ0v) is 50.5. The average Bonchev–Trinajstić information content (AvgIpc) is 3.51. The standard InChI is InChI=1S/2C15H18O4.C12H20O4.2C10H16O4/c1-3-13(16)12(15(18)19-4-2)10-14(17)11-8-6-5-7-9-11;1-3-12(16)10-13(15(18)19-4-2)14(17)11-8-6-5-7-9-11;1-5-10(13)9(12(15)16-6-2)7-11(14)8(3)4;1-4-8(12)6-9(7(3)11)10(13)14-5-2;1-4-9(12)8(6-7(3)11)10(13)14-5-2/h5-9,12H,3-4,10H2,1-2H3;5-9,13H,3-4,10H2,1-2H3;8-9H,5-7H2,1-4H3;9H,4-6H2,1-3H3;8H,4-6H2,1-3H3. The zero-order valence-electron chi connectivity index (χ0n) is 50.5. The van der Waals surface area contributed by atoms with Gasteiger partial charge in [0.25, 0.3) is 0 Å². The monoisotopic (exact) mass is 1150 g/mol. The van der Waals surface area contributed by atoms with Crippen LogP contribution in [-0.4, -0.2) is 121 Å². The van der Waals surface area contributed by atoms with Crippen LogP contribution < -0.4 is 0 Å². The SMILES string of the molecule is CCOC(=O)C(CC(=O)C(C)C)C(=O)CC.CCOC(=O)C(CC(=O)CC)C(=O)c1ccccc1.CCOC(=O)C(CC(=O)CC)C(C)=O.CCOC(=O)C(CC(=O)c1ccccc1)C(=O)CC.CCOC(=O)C(CC(C)=O)C(=O)CC. The summed E-state index contributed by atoms with van der Waals surface area (Å²) in [7, 11) is 0. The maximum absolute atomic E-state index is 12.3. The molecule has 0 aromatic heterocycles. The molecule has 0 amide bonds. The fourth-order valence-corrected chi connectivity index (χ4v) is 6.81. The topological polar surface area (TPSA) is 302 Å². The number of Topliss-reactive ketones (excluding diaryl/α,β-unsaturated/α-hetero) is 10. The highest BCUT2D eigenvalue weighted by molar-refractivity contribution is 6.11. The predicted molar refractivity (Wildman–Crippen MR) is 303 cm³/mol. The lowest BCUT2D eigenvalue weighted by atomic mass is 9.92. The third-order valence-electron chi connectivity index (χ3n) is 11.6. The predicted octanol–water partition coefficient (Wildman–Crippen LogP) is 8.84. The smallest absolute Gasteiger partial charge is 0.317 e. The van der Waals surface area contributed by atoms with Gasteiger partial charge in [0.05, 0.1) is 33.0 Å². The van der Waals surface area contributed by atoms with Crippen LogP contribution in [0.5, 0.6) is 0 Å². The normalized spacial score (nSPS) is 11.9. The molecule has 20 nitrogen and oxygen atoms in total. The molecule has 20 heteroatoms. The van der Waals surface area contributed by atoms with Gasteiger partial charge in [-0.05, 0) is 48.5 Å². The van der Waals surface area contributed by atoms with Gasteiger partial charge in [0.1, 0.15) is 75.9 Å². The lowest BCUT2D eigenvalue weighted by Gasteiger charge is -2.14. The van der Waals surface area contributed by atoms with Gasteiger partial charge >= 0.3 is 29.8 Å². The second kappa shape index (κ2) is 46.1. The van der Waals surface area contributed by atoms with E-state index < -0.39 is 59.4 Å². The highest BCUT2D eigenvalue weighted by Gasteiger charge is 2.33.